The fourth-order valence-corrected chi connectivity index (χ4v) is 1.45. The minimum absolute atomic E-state index is 0. The van der Waals surface area contributed by atoms with E-state index >= 15 is 0 Å². The van der Waals surface area contributed by atoms with Crippen LogP contribution >= 0.6 is 0 Å². The molecule has 2 aromatic carbocycles. The molecule has 0 radical (unpaired) electrons. The van der Waals surface area contributed by atoms with Crippen LogP contribution in [0.15, 0.2) is 54.6 Å². The van der Waals surface area contributed by atoms with Crippen molar-refractivity contribution >= 4 is 23.9 Å². The minimum Gasteiger partial charge on any atom is -0.870 e. The molecule has 2 rings (SSSR count). The summed E-state index contributed by atoms with van der Waals surface area (Å²) in [6.45, 7) is 5.26. The van der Waals surface area contributed by atoms with Crippen molar-refractivity contribution in [1.29, 1.82) is 0 Å². The molecule has 0 aliphatic carbocycles. The van der Waals surface area contributed by atoms with Crippen LogP contribution in [-0.4, -0.2) is 33.5 Å². The zero-order valence-electron chi connectivity index (χ0n) is 17.3. The van der Waals surface area contributed by atoms with Gasteiger partial charge in [0.05, 0.1) is 0 Å². The van der Waals surface area contributed by atoms with Crippen molar-refractivity contribution in [3.05, 3.63) is 65.7 Å². The van der Waals surface area contributed by atoms with Gasteiger partial charge in [-0.25, -0.2) is 0 Å². The molecule has 0 aliphatic rings. The van der Waals surface area contributed by atoms with Crippen molar-refractivity contribution in [3.63, 3.8) is 0 Å². The molecule has 0 saturated carbocycles. The summed E-state index contributed by atoms with van der Waals surface area (Å²) in [5, 5.41) is 17.7. The second kappa shape index (κ2) is 19.1. The van der Waals surface area contributed by atoms with Gasteiger partial charge in [0, 0.05) is 18.4 Å². The van der Waals surface area contributed by atoms with Crippen LogP contribution in [0.25, 0.3) is 6.08 Å². The summed E-state index contributed by atoms with van der Waals surface area (Å²) in [7, 11) is 0. The molecule has 2 aromatic rings. The minimum atomic E-state index is 0. The molecule has 0 amide bonds. The van der Waals surface area contributed by atoms with E-state index in [0.717, 1.165) is 11.8 Å². The number of ketones is 2. The average molecular weight is 410 g/mol. The van der Waals surface area contributed by atoms with Crippen LogP contribution in [0.4, 0.5) is 0 Å². The molecular weight excluding hydrogens is 383 g/mol. The molecule has 0 unspecified atom stereocenters. The molecule has 0 fully saturated rings. The van der Waals surface area contributed by atoms with Crippen molar-refractivity contribution in [2.45, 2.75) is 33.6 Å². The van der Waals surface area contributed by atoms with Crippen LogP contribution in [0.1, 0.15) is 49.5 Å². The maximum absolute atomic E-state index is 10.9. The quantitative estimate of drug-likeness (QED) is 0.437. The number of hydrogen-bond acceptors (Lipinski definition) is 6. The number of allylic oxidation sites excluding steroid dienone is 1. The molecule has 0 spiro atoms. The van der Waals surface area contributed by atoms with Crippen LogP contribution in [0.5, 0.6) is 11.5 Å². The second-order valence-corrected chi connectivity index (χ2v) is 5.51. The Morgan fingerprint density at radius 3 is 1.52 bits per heavy atom. The summed E-state index contributed by atoms with van der Waals surface area (Å²) < 4.78 is 0. The Morgan fingerprint density at radius 2 is 1.21 bits per heavy atom. The predicted octanol–water partition coefficient (Wildman–Crippen LogP) is 1.40. The van der Waals surface area contributed by atoms with E-state index in [0.29, 0.717) is 18.4 Å². The van der Waals surface area contributed by atoms with Gasteiger partial charge in [-0.2, -0.15) is 0 Å². The van der Waals surface area contributed by atoms with E-state index in [4.69, 9.17) is 10.2 Å². The molecule has 6 nitrogen and oxygen atoms in total. The maximum Gasteiger partial charge on any atom is 1.00 e. The van der Waals surface area contributed by atoms with E-state index < -0.39 is 0 Å². The standard InChI is InChI=1S/C11H12O2.C7H6O2.C4H8O.Na.H2O/c1-2-10(12)6-3-9-4-7-11(13)8-5-9;8-5-6-1-3-7(9)4-2-6;1-3-4(2)5;;/h3-8,13H,2H2,1H3;1-5,9H;3H2,1-2H3;;1H2/q;;;+1;/p-1/b6-3+;;;;. The van der Waals surface area contributed by atoms with Gasteiger partial charge in [-0.05, 0) is 55.0 Å². The molecule has 0 bridgehead atoms. The first-order valence-electron chi connectivity index (χ1n) is 8.55. The fourth-order valence-electron chi connectivity index (χ4n) is 1.45. The number of benzene rings is 2. The van der Waals surface area contributed by atoms with Crippen molar-refractivity contribution in [2.75, 3.05) is 0 Å². The van der Waals surface area contributed by atoms with Crippen molar-refractivity contribution in [1.82, 2.24) is 0 Å². The van der Waals surface area contributed by atoms with E-state index in [1.165, 1.54) is 12.1 Å². The molecule has 0 aromatic heterocycles. The SMILES string of the molecule is CCC(=O)/C=C/c1ccc(O)cc1.CCC(C)=O.O=Cc1ccc(O)cc1.[Na+].[OH-]. The third-order valence-electron chi connectivity index (χ3n) is 3.23. The van der Waals surface area contributed by atoms with E-state index in [1.807, 2.05) is 13.8 Å². The van der Waals surface area contributed by atoms with Crippen LogP contribution in [-0.2, 0) is 9.59 Å². The van der Waals surface area contributed by atoms with E-state index in [-0.39, 0.29) is 58.1 Å². The van der Waals surface area contributed by atoms with Gasteiger partial charge in [0.1, 0.15) is 23.6 Å². The molecule has 0 atom stereocenters. The molecule has 29 heavy (non-hydrogen) atoms. The number of aldehydes is 1. The molecule has 3 N–H and O–H groups in total. The zero-order valence-corrected chi connectivity index (χ0v) is 19.3. The first kappa shape index (κ1) is 31.4. The van der Waals surface area contributed by atoms with Crippen LogP contribution in [0.2, 0.25) is 0 Å². The van der Waals surface area contributed by atoms with E-state index in [9.17, 15) is 14.4 Å². The number of carbonyl (C=O) groups is 3. The summed E-state index contributed by atoms with van der Waals surface area (Å²) in [6.07, 6.45) is 5.21. The molecule has 0 heterocycles. The summed E-state index contributed by atoms with van der Waals surface area (Å²) in [5.74, 6) is 0.776. The molecule has 152 valence electrons. The van der Waals surface area contributed by atoms with Crippen molar-refractivity contribution < 1.29 is 59.6 Å². The Morgan fingerprint density at radius 1 is 0.828 bits per heavy atom. The molecule has 7 heteroatoms. The Labute approximate surface area is 193 Å². The molecule has 0 aliphatic heterocycles. The smallest absolute Gasteiger partial charge is 0.870 e. The van der Waals surface area contributed by atoms with E-state index in [1.54, 1.807) is 55.5 Å². The third kappa shape index (κ3) is 17.6. The predicted molar refractivity (Wildman–Crippen MR) is 109 cm³/mol. The van der Waals surface area contributed by atoms with Crippen LogP contribution in [0.3, 0.4) is 0 Å². The number of carbonyl (C=O) groups excluding carboxylic acids is 3. The molecule has 0 saturated heterocycles. The normalized spacial score (nSPS) is 8.79. The van der Waals surface area contributed by atoms with Gasteiger partial charge in [-0.3, -0.25) is 9.59 Å². The van der Waals surface area contributed by atoms with Gasteiger partial charge < -0.3 is 20.5 Å². The van der Waals surface area contributed by atoms with Crippen LogP contribution in [0, 0.1) is 0 Å². The largest absolute Gasteiger partial charge is 1.00 e. The Bertz CT molecular complexity index is 737. The number of aromatic hydroxyl groups is 2. The monoisotopic (exact) mass is 410 g/mol. The van der Waals surface area contributed by atoms with Gasteiger partial charge in [-0.1, -0.05) is 32.1 Å². The summed E-state index contributed by atoms with van der Waals surface area (Å²) in [5.41, 5.74) is 1.49. The van der Waals surface area contributed by atoms with Gasteiger partial charge in [-0.15, -0.1) is 0 Å². The Kier molecular flexibility index (Phi) is 20.7. The number of rotatable bonds is 5. The Hall–Kier alpha value is -2.25. The van der Waals surface area contributed by atoms with Gasteiger partial charge in [0.2, 0.25) is 0 Å². The summed E-state index contributed by atoms with van der Waals surface area (Å²) in [6, 6.07) is 12.8. The summed E-state index contributed by atoms with van der Waals surface area (Å²) >= 11 is 0. The number of hydrogen-bond donors (Lipinski definition) is 2. The molecular formula is C22H27NaO6. The zero-order chi connectivity index (χ0) is 20.7. The maximum atomic E-state index is 10.9. The van der Waals surface area contributed by atoms with Gasteiger partial charge >= 0.3 is 29.6 Å². The second-order valence-electron chi connectivity index (χ2n) is 5.51. The number of phenolic OH excluding ortho intramolecular Hbond substituents is 2. The summed E-state index contributed by atoms with van der Waals surface area (Å²) in [4.78, 5) is 30.8. The third-order valence-corrected chi connectivity index (χ3v) is 3.23. The first-order chi connectivity index (χ1) is 12.8. The van der Waals surface area contributed by atoms with E-state index in [2.05, 4.69) is 0 Å². The number of phenols is 2. The van der Waals surface area contributed by atoms with Gasteiger partial charge in [0.15, 0.2) is 5.78 Å². The topological polar surface area (TPSA) is 122 Å². The van der Waals surface area contributed by atoms with Crippen LogP contribution < -0.4 is 29.6 Å². The fraction of sp³-hybridized carbons (Fsp3) is 0.227. The number of Topliss-reactive ketones (excluding diaryl/α,β-unsaturated/α-hetero) is 1. The van der Waals surface area contributed by atoms with Gasteiger partial charge in [0.25, 0.3) is 0 Å². The van der Waals surface area contributed by atoms with Crippen molar-refractivity contribution in [2.24, 2.45) is 0 Å². The van der Waals surface area contributed by atoms with Crippen molar-refractivity contribution in [3.8, 4) is 11.5 Å². The average Bonchev–Trinajstić information content (AvgIpc) is 2.68. The Balaban J connectivity index is -0.000000372. The first-order valence-corrected chi connectivity index (χ1v) is 8.55.